The van der Waals surface area contributed by atoms with E-state index < -0.39 is 23.5 Å². The monoisotopic (exact) mass is 253 g/mol. The molecule has 0 saturated heterocycles. The number of benzene rings is 1. The van der Waals surface area contributed by atoms with Crippen LogP contribution in [0.25, 0.3) is 0 Å². The van der Waals surface area contributed by atoms with E-state index in [1.165, 1.54) is 31.3 Å². The average Bonchev–Trinajstić information content (AvgIpc) is 2.28. The molecular weight excluding hydrogens is 241 g/mol. The van der Waals surface area contributed by atoms with E-state index in [4.69, 9.17) is 10.2 Å². The van der Waals surface area contributed by atoms with Gasteiger partial charge in [-0.1, -0.05) is 12.1 Å². The van der Waals surface area contributed by atoms with Crippen molar-refractivity contribution in [3.05, 3.63) is 41.4 Å². The number of rotatable bonds is 4. The molecule has 1 rings (SSSR count). The molecule has 0 amide bonds. The van der Waals surface area contributed by atoms with Crippen molar-refractivity contribution in [2.75, 3.05) is 11.9 Å². The van der Waals surface area contributed by atoms with Gasteiger partial charge in [0, 0.05) is 7.05 Å². The van der Waals surface area contributed by atoms with Crippen molar-refractivity contribution in [2.24, 2.45) is 0 Å². The highest BCUT2D eigenvalue weighted by Crippen LogP contribution is 2.22. The van der Waals surface area contributed by atoms with Gasteiger partial charge in [0.15, 0.2) is 0 Å². The molecular formula is C12H12FNO4. The molecule has 0 atom stereocenters. The van der Waals surface area contributed by atoms with Crippen molar-refractivity contribution >= 4 is 17.6 Å². The maximum atomic E-state index is 13.5. The van der Waals surface area contributed by atoms with E-state index in [9.17, 15) is 14.0 Å². The molecule has 96 valence electrons. The SMILES string of the molecule is CC(C(=O)O)=C(C(=O)O)N(C)c1ccccc1F. The summed E-state index contributed by atoms with van der Waals surface area (Å²) in [5.74, 6) is -3.42. The predicted molar refractivity (Wildman–Crippen MR) is 62.8 cm³/mol. The van der Waals surface area contributed by atoms with Gasteiger partial charge in [-0.15, -0.1) is 0 Å². The minimum Gasteiger partial charge on any atom is -0.478 e. The van der Waals surface area contributed by atoms with Crippen molar-refractivity contribution in [3.8, 4) is 0 Å². The van der Waals surface area contributed by atoms with Crippen molar-refractivity contribution < 1.29 is 24.2 Å². The lowest BCUT2D eigenvalue weighted by Crippen LogP contribution is -2.27. The lowest BCUT2D eigenvalue weighted by Gasteiger charge is -2.21. The second-order valence-corrected chi connectivity index (χ2v) is 3.59. The summed E-state index contributed by atoms with van der Waals surface area (Å²) in [6.45, 7) is 1.16. The molecule has 0 radical (unpaired) electrons. The zero-order valence-corrected chi connectivity index (χ0v) is 9.85. The van der Waals surface area contributed by atoms with E-state index in [2.05, 4.69) is 0 Å². The van der Waals surface area contributed by atoms with Gasteiger partial charge in [0.05, 0.1) is 11.3 Å². The number of likely N-dealkylation sites (N-methyl/N-ethyl adjacent to an activating group) is 1. The molecule has 2 N–H and O–H groups in total. The van der Waals surface area contributed by atoms with E-state index in [-0.39, 0.29) is 11.3 Å². The van der Waals surface area contributed by atoms with E-state index in [0.717, 1.165) is 11.8 Å². The second-order valence-electron chi connectivity index (χ2n) is 3.59. The highest BCUT2D eigenvalue weighted by atomic mass is 19.1. The number of carboxylic acid groups (broad SMARTS) is 2. The van der Waals surface area contributed by atoms with Gasteiger partial charge in [0.25, 0.3) is 0 Å². The maximum absolute atomic E-state index is 13.5. The third-order valence-electron chi connectivity index (χ3n) is 2.43. The first kappa shape index (κ1) is 13.7. The Morgan fingerprint density at radius 2 is 1.72 bits per heavy atom. The Labute approximate surface area is 103 Å². The number of carboxylic acids is 2. The molecule has 0 bridgehead atoms. The van der Waals surface area contributed by atoms with Gasteiger partial charge >= 0.3 is 11.9 Å². The highest BCUT2D eigenvalue weighted by Gasteiger charge is 2.23. The fraction of sp³-hybridized carbons (Fsp3) is 0.167. The number of carbonyl (C=O) groups is 2. The molecule has 0 unspecified atom stereocenters. The molecule has 5 nitrogen and oxygen atoms in total. The molecule has 0 heterocycles. The van der Waals surface area contributed by atoms with Gasteiger partial charge in [-0.3, -0.25) is 0 Å². The van der Waals surface area contributed by atoms with Crippen molar-refractivity contribution in [1.82, 2.24) is 0 Å². The molecule has 0 aliphatic carbocycles. The number of hydrogen-bond acceptors (Lipinski definition) is 3. The minimum atomic E-state index is -1.43. The van der Waals surface area contributed by atoms with E-state index in [1.807, 2.05) is 0 Å². The van der Waals surface area contributed by atoms with Crippen LogP contribution >= 0.6 is 0 Å². The van der Waals surface area contributed by atoms with Gasteiger partial charge in [0.1, 0.15) is 11.5 Å². The van der Waals surface area contributed by atoms with Gasteiger partial charge < -0.3 is 15.1 Å². The lowest BCUT2D eigenvalue weighted by atomic mass is 10.2. The predicted octanol–water partition coefficient (Wildman–Crippen LogP) is 1.71. The first-order valence-electron chi connectivity index (χ1n) is 5.02. The van der Waals surface area contributed by atoms with Crippen LogP contribution in [0.5, 0.6) is 0 Å². The van der Waals surface area contributed by atoms with Gasteiger partial charge in [-0.2, -0.15) is 0 Å². The third kappa shape index (κ3) is 2.65. The second kappa shape index (κ2) is 5.31. The zero-order valence-electron chi connectivity index (χ0n) is 9.85. The Morgan fingerprint density at radius 1 is 1.17 bits per heavy atom. The Morgan fingerprint density at radius 3 is 2.17 bits per heavy atom. The quantitative estimate of drug-likeness (QED) is 0.798. The topological polar surface area (TPSA) is 77.8 Å². The van der Waals surface area contributed by atoms with E-state index in [1.54, 1.807) is 0 Å². The molecule has 0 saturated carbocycles. The van der Waals surface area contributed by atoms with Crippen LogP contribution in [0.3, 0.4) is 0 Å². The molecule has 1 aromatic rings. The zero-order chi connectivity index (χ0) is 13.9. The van der Waals surface area contributed by atoms with Crippen LogP contribution in [-0.2, 0) is 9.59 Å². The molecule has 0 fully saturated rings. The molecule has 0 aliphatic heterocycles. The van der Waals surface area contributed by atoms with Gasteiger partial charge in [-0.25, -0.2) is 14.0 Å². The van der Waals surface area contributed by atoms with Crippen LogP contribution in [0, 0.1) is 5.82 Å². The van der Waals surface area contributed by atoms with Gasteiger partial charge in [0.2, 0.25) is 0 Å². The van der Waals surface area contributed by atoms with Crippen LogP contribution in [0.1, 0.15) is 6.92 Å². The Kier molecular flexibility index (Phi) is 4.04. The summed E-state index contributed by atoms with van der Waals surface area (Å²) in [4.78, 5) is 22.9. The first-order valence-corrected chi connectivity index (χ1v) is 5.02. The summed E-state index contributed by atoms with van der Waals surface area (Å²) >= 11 is 0. The standard InChI is InChI=1S/C12H12FNO4/c1-7(11(15)16)10(12(17)18)14(2)9-6-4-3-5-8(9)13/h3-6H,1-2H3,(H,15,16)(H,17,18). The summed E-state index contributed by atoms with van der Waals surface area (Å²) in [7, 11) is 1.30. The summed E-state index contributed by atoms with van der Waals surface area (Å²) < 4.78 is 13.5. The highest BCUT2D eigenvalue weighted by molar-refractivity contribution is 6.01. The number of halogens is 1. The minimum absolute atomic E-state index is 0.00417. The number of hydrogen-bond donors (Lipinski definition) is 2. The van der Waals surface area contributed by atoms with Gasteiger partial charge in [-0.05, 0) is 19.1 Å². The van der Waals surface area contributed by atoms with E-state index in [0.29, 0.717) is 0 Å². The molecule has 0 aromatic heterocycles. The smallest absolute Gasteiger partial charge is 0.353 e. The van der Waals surface area contributed by atoms with E-state index >= 15 is 0 Å². The maximum Gasteiger partial charge on any atom is 0.353 e. The fourth-order valence-corrected chi connectivity index (χ4v) is 1.50. The molecule has 1 aromatic carbocycles. The van der Waals surface area contributed by atoms with Crippen LogP contribution in [-0.4, -0.2) is 29.2 Å². The van der Waals surface area contributed by atoms with Crippen LogP contribution < -0.4 is 4.90 Å². The Balaban J connectivity index is 3.34. The normalized spacial score (nSPS) is 11.7. The number of anilines is 1. The molecule has 0 aliphatic rings. The number of para-hydroxylation sites is 1. The largest absolute Gasteiger partial charge is 0.478 e. The van der Waals surface area contributed by atoms with Crippen molar-refractivity contribution in [2.45, 2.75) is 6.92 Å². The van der Waals surface area contributed by atoms with Crippen molar-refractivity contribution in [3.63, 3.8) is 0 Å². The number of aliphatic carboxylic acids is 2. The van der Waals surface area contributed by atoms with Crippen LogP contribution in [0.4, 0.5) is 10.1 Å². The summed E-state index contributed by atoms with van der Waals surface area (Å²) in [5, 5.41) is 17.9. The van der Waals surface area contributed by atoms with Crippen LogP contribution in [0.15, 0.2) is 35.5 Å². The average molecular weight is 253 g/mol. The molecule has 18 heavy (non-hydrogen) atoms. The van der Waals surface area contributed by atoms with Crippen molar-refractivity contribution in [1.29, 1.82) is 0 Å². The lowest BCUT2D eigenvalue weighted by molar-refractivity contribution is -0.136. The summed E-state index contributed by atoms with van der Waals surface area (Å²) in [6.07, 6.45) is 0. The first-order chi connectivity index (χ1) is 8.36. The number of nitrogens with zero attached hydrogens (tertiary/aromatic N) is 1. The molecule has 6 heteroatoms. The molecule has 0 spiro atoms. The fourth-order valence-electron chi connectivity index (χ4n) is 1.50. The Hall–Kier alpha value is -2.37. The third-order valence-corrected chi connectivity index (χ3v) is 2.43. The summed E-state index contributed by atoms with van der Waals surface area (Å²) in [6, 6.07) is 5.53. The summed E-state index contributed by atoms with van der Waals surface area (Å²) in [5.41, 5.74) is -0.851. The van der Waals surface area contributed by atoms with Crippen LogP contribution in [0.2, 0.25) is 0 Å². The Bertz CT molecular complexity index is 525.